The summed E-state index contributed by atoms with van der Waals surface area (Å²) in [6.45, 7) is 2.44. The Morgan fingerprint density at radius 1 is 0.972 bits per heavy atom. The number of carbonyl (C=O) groups excluding carboxylic acids is 1. The molecule has 4 nitrogen and oxygen atoms in total. The molecular weight excluding hydrogens is 511 g/mol. The van der Waals surface area contributed by atoms with Gasteiger partial charge in [0.05, 0.1) is 20.6 Å². The normalized spacial score (nSPS) is 15.6. The molecule has 0 aliphatic carbocycles. The van der Waals surface area contributed by atoms with E-state index in [0.717, 1.165) is 28.4 Å². The fourth-order valence-corrected chi connectivity index (χ4v) is 5.38. The first-order valence-corrected chi connectivity index (χ1v) is 13.0. The van der Waals surface area contributed by atoms with Gasteiger partial charge in [0.1, 0.15) is 6.61 Å². The molecule has 0 atom stereocenters. The number of amidine groups is 1. The van der Waals surface area contributed by atoms with E-state index in [2.05, 4.69) is 35.4 Å². The second kappa shape index (κ2) is 10.8. The monoisotopic (exact) mass is 532 g/mol. The first-order valence-electron chi connectivity index (χ1n) is 11.5. The molecule has 5 rings (SSSR count). The van der Waals surface area contributed by atoms with Crippen molar-refractivity contribution in [3.05, 3.63) is 111 Å². The number of nitrogens with zero attached hydrogens (tertiary/aromatic N) is 1. The third kappa shape index (κ3) is 5.44. The van der Waals surface area contributed by atoms with E-state index in [0.29, 0.717) is 38.0 Å². The molecule has 1 amide bonds. The van der Waals surface area contributed by atoms with Crippen molar-refractivity contribution in [1.29, 1.82) is 0 Å². The number of aliphatic imine (C=N–C) groups is 1. The summed E-state index contributed by atoms with van der Waals surface area (Å²) in [4.78, 5) is 17.6. The third-order valence-corrected chi connectivity index (χ3v) is 7.27. The SMILES string of the molecule is CCc1ccc(N=C2NC(=O)/C(=C/c3cc(Cl)c(OCc4cccc5ccccc45)c(Cl)c3)S2)cc1. The topological polar surface area (TPSA) is 50.7 Å². The van der Waals surface area contributed by atoms with Gasteiger partial charge in [-0.3, -0.25) is 4.79 Å². The molecule has 1 N–H and O–H groups in total. The van der Waals surface area contributed by atoms with E-state index in [-0.39, 0.29) is 5.91 Å². The first-order chi connectivity index (χ1) is 17.5. The number of benzene rings is 4. The molecule has 0 unspecified atom stereocenters. The lowest BCUT2D eigenvalue weighted by Gasteiger charge is -2.12. The number of amides is 1. The van der Waals surface area contributed by atoms with Crippen molar-refractivity contribution in [2.45, 2.75) is 20.0 Å². The van der Waals surface area contributed by atoms with Crippen LogP contribution in [0.1, 0.15) is 23.6 Å². The fraction of sp³-hybridized carbons (Fsp3) is 0.103. The van der Waals surface area contributed by atoms with Crippen LogP contribution in [0.4, 0.5) is 5.69 Å². The molecule has 4 aromatic rings. The van der Waals surface area contributed by atoms with Gasteiger partial charge in [0, 0.05) is 0 Å². The number of ether oxygens (including phenoxy) is 1. The van der Waals surface area contributed by atoms with E-state index in [4.69, 9.17) is 27.9 Å². The maximum atomic E-state index is 12.5. The van der Waals surface area contributed by atoms with Crippen LogP contribution in [0.25, 0.3) is 16.8 Å². The summed E-state index contributed by atoms with van der Waals surface area (Å²) in [6, 6.07) is 25.7. The average molecular weight is 533 g/mol. The molecule has 180 valence electrons. The minimum Gasteiger partial charge on any atom is -0.486 e. The molecule has 7 heteroatoms. The molecule has 4 aromatic carbocycles. The van der Waals surface area contributed by atoms with Gasteiger partial charge in [0.25, 0.3) is 5.91 Å². The fourth-order valence-electron chi connectivity index (χ4n) is 3.92. The van der Waals surface area contributed by atoms with E-state index >= 15 is 0 Å². The molecule has 1 fully saturated rings. The molecule has 0 aromatic heterocycles. The van der Waals surface area contributed by atoms with Gasteiger partial charge >= 0.3 is 0 Å². The smallest absolute Gasteiger partial charge is 0.264 e. The van der Waals surface area contributed by atoms with Gasteiger partial charge in [0.15, 0.2) is 10.9 Å². The largest absolute Gasteiger partial charge is 0.486 e. The Labute approximate surface area is 224 Å². The summed E-state index contributed by atoms with van der Waals surface area (Å²) in [5.74, 6) is 0.196. The van der Waals surface area contributed by atoms with Gasteiger partial charge in [-0.05, 0) is 76.0 Å². The van der Waals surface area contributed by atoms with Crippen molar-refractivity contribution in [2.24, 2.45) is 4.99 Å². The van der Waals surface area contributed by atoms with E-state index in [1.54, 1.807) is 18.2 Å². The van der Waals surface area contributed by atoms with E-state index in [1.807, 2.05) is 48.5 Å². The van der Waals surface area contributed by atoms with Crippen LogP contribution in [0.2, 0.25) is 10.0 Å². The molecule has 0 spiro atoms. The minimum absolute atomic E-state index is 0.215. The first kappa shape index (κ1) is 24.4. The van der Waals surface area contributed by atoms with Gasteiger partial charge in [-0.25, -0.2) is 4.99 Å². The minimum atomic E-state index is -0.215. The molecule has 1 aliphatic heterocycles. The number of nitrogens with one attached hydrogen (secondary N) is 1. The molecule has 1 aliphatic rings. The summed E-state index contributed by atoms with van der Waals surface area (Å²) in [5.41, 5.74) is 3.77. The van der Waals surface area contributed by atoms with Crippen LogP contribution >= 0.6 is 35.0 Å². The second-order valence-corrected chi connectivity index (χ2v) is 10.1. The van der Waals surface area contributed by atoms with Crippen LogP contribution in [0.3, 0.4) is 0 Å². The highest BCUT2D eigenvalue weighted by Gasteiger charge is 2.24. The summed E-state index contributed by atoms with van der Waals surface area (Å²) in [7, 11) is 0. The number of fused-ring (bicyclic) bond motifs is 1. The zero-order chi connectivity index (χ0) is 25.1. The Hall–Kier alpha value is -3.25. The van der Waals surface area contributed by atoms with Crippen LogP contribution in [0.5, 0.6) is 5.75 Å². The van der Waals surface area contributed by atoms with E-state index in [9.17, 15) is 4.79 Å². The average Bonchev–Trinajstić information content (AvgIpc) is 3.22. The van der Waals surface area contributed by atoms with Crippen LogP contribution in [0, 0.1) is 0 Å². The van der Waals surface area contributed by atoms with Crippen molar-refractivity contribution >= 4 is 68.6 Å². The highest BCUT2D eigenvalue weighted by atomic mass is 35.5. The number of hydrogen-bond acceptors (Lipinski definition) is 4. The van der Waals surface area contributed by atoms with Gasteiger partial charge < -0.3 is 10.1 Å². The Morgan fingerprint density at radius 3 is 2.44 bits per heavy atom. The lowest BCUT2D eigenvalue weighted by Crippen LogP contribution is -2.19. The highest BCUT2D eigenvalue weighted by molar-refractivity contribution is 8.18. The van der Waals surface area contributed by atoms with Crippen molar-refractivity contribution in [2.75, 3.05) is 0 Å². The van der Waals surface area contributed by atoms with Crippen molar-refractivity contribution < 1.29 is 9.53 Å². The third-order valence-electron chi connectivity index (χ3n) is 5.80. The highest BCUT2D eigenvalue weighted by Crippen LogP contribution is 2.37. The molecule has 1 heterocycles. The lowest BCUT2D eigenvalue weighted by molar-refractivity contribution is -0.115. The molecule has 0 radical (unpaired) electrons. The quantitative estimate of drug-likeness (QED) is 0.254. The molecule has 36 heavy (non-hydrogen) atoms. The second-order valence-electron chi connectivity index (χ2n) is 8.24. The predicted molar refractivity (Wildman–Crippen MR) is 151 cm³/mol. The Kier molecular flexibility index (Phi) is 7.33. The van der Waals surface area contributed by atoms with Crippen LogP contribution in [0.15, 0.2) is 88.8 Å². The Morgan fingerprint density at radius 2 is 1.69 bits per heavy atom. The van der Waals surface area contributed by atoms with Gasteiger partial charge in [0.2, 0.25) is 0 Å². The zero-order valence-electron chi connectivity index (χ0n) is 19.4. The number of thioether (sulfide) groups is 1. The summed E-state index contributed by atoms with van der Waals surface area (Å²) in [6.07, 6.45) is 2.71. The number of halogens is 2. The molecular formula is C29H22Cl2N2O2S. The maximum absolute atomic E-state index is 12.5. The van der Waals surface area contributed by atoms with Crippen LogP contribution in [-0.4, -0.2) is 11.1 Å². The summed E-state index contributed by atoms with van der Waals surface area (Å²) < 4.78 is 6.02. The van der Waals surface area contributed by atoms with Gasteiger partial charge in [-0.15, -0.1) is 0 Å². The Balaban J connectivity index is 1.32. The predicted octanol–water partition coefficient (Wildman–Crippen LogP) is 8.18. The summed E-state index contributed by atoms with van der Waals surface area (Å²) >= 11 is 14.3. The maximum Gasteiger partial charge on any atom is 0.264 e. The number of rotatable bonds is 6. The van der Waals surface area contributed by atoms with Crippen LogP contribution < -0.4 is 10.1 Å². The lowest BCUT2D eigenvalue weighted by atomic mass is 10.1. The molecule has 0 saturated carbocycles. The number of carbonyl (C=O) groups is 1. The number of hydrogen-bond donors (Lipinski definition) is 1. The number of aryl methyl sites for hydroxylation is 1. The van der Waals surface area contributed by atoms with Gasteiger partial charge in [-0.1, -0.05) is 84.7 Å². The van der Waals surface area contributed by atoms with E-state index in [1.165, 1.54) is 17.3 Å². The Bertz CT molecular complexity index is 1490. The van der Waals surface area contributed by atoms with Crippen molar-refractivity contribution in [3.8, 4) is 5.75 Å². The molecule has 0 bridgehead atoms. The standard InChI is InChI=1S/C29H22Cl2N2O2S/c1-2-18-10-12-22(13-11-18)32-29-33-28(34)26(36-29)16-19-14-24(30)27(25(31)15-19)35-17-21-8-5-7-20-6-3-4-9-23(20)21/h3-16H,2,17H2,1H3,(H,32,33,34)/b26-16-. The van der Waals surface area contributed by atoms with Crippen molar-refractivity contribution in [1.82, 2.24) is 5.32 Å². The van der Waals surface area contributed by atoms with Gasteiger partial charge in [-0.2, -0.15) is 0 Å². The van der Waals surface area contributed by atoms with Crippen LogP contribution in [-0.2, 0) is 17.8 Å². The zero-order valence-corrected chi connectivity index (χ0v) is 21.8. The molecule has 1 saturated heterocycles. The van der Waals surface area contributed by atoms with Crippen molar-refractivity contribution in [3.63, 3.8) is 0 Å². The summed E-state index contributed by atoms with van der Waals surface area (Å²) in [5, 5.41) is 6.36. The van der Waals surface area contributed by atoms with E-state index < -0.39 is 0 Å².